The van der Waals surface area contributed by atoms with Crippen LogP contribution in [0.15, 0.2) is 29.6 Å². The summed E-state index contributed by atoms with van der Waals surface area (Å²) in [5.41, 5.74) is 2.03. The van der Waals surface area contributed by atoms with Crippen LogP contribution in [0.2, 0.25) is 0 Å². The normalized spacial score (nSPS) is 10.4. The molecule has 1 aromatic heterocycles. The summed E-state index contributed by atoms with van der Waals surface area (Å²) in [5.74, 6) is 1.01. The van der Waals surface area contributed by atoms with Crippen molar-refractivity contribution in [3.63, 3.8) is 0 Å². The number of benzene rings is 1. The fourth-order valence-electron chi connectivity index (χ4n) is 1.69. The van der Waals surface area contributed by atoms with Crippen molar-refractivity contribution in [2.24, 2.45) is 0 Å². The number of nitrogens with zero attached hydrogens (tertiary/aromatic N) is 1. The number of anilines is 1. The van der Waals surface area contributed by atoms with Gasteiger partial charge in [0.15, 0.2) is 5.13 Å². The van der Waals surface area contributed by atoms with Gasteiger partial charge in [-0.1, -0.05) is 19.1 Å². The summed E-state index contributed by atoms with van der Waals surface area (Å²) < 4.78 is 5.54. The number of halogens is 1. The summed E-state index contributed by atoms with van der Waals surface area (Å²) in [5, 5.41) is 5.13. The molecule has 21 heavy (non-hydrogen) atoms. The first-order valence-corrected chi connectivity index (χ1v) is 8.14. The minimum absolute atomic E-state index is 0.115. The fourth-order valence-corrected chi connectivity index (χ4v) is 2.65. The molecule has 112 valence electrons. The Morgan fingerprint density at radius 3 is 2.76 bits per heavy atom. The highest BCUT2D eigenvalue weighted by molar-refractivity contribution is 7.13. The Balaban J connectivity index is 1.73. The fraction of sp³-hybridized carbons (Fsp3) is 0.333. The van der Waals surface area contributed by atoms with Crippen LogP contribution in [-0.2, 0) is 17.1 Å². The summed E-state index contributed by atoms with van der Waals surface area (Å²) >= 11 is 7.03. The van der Waals surface area contributed by atoms with Crippen molar-refractivity contribution in [2.75, 3.05) is 11.9 Å². The number of nitrogens with one attached hydrogen (secondary N) is 1. The molecule has 0 saturated heterocycles. The third-order valence-corrected chi connectivity index (χ3v) is 3.94. The molecule has 0 unspecified atom stereocenters. The van der Waals surface area contributed by atoms with Gasteiger partial charge in [0.1, 0.15) is 5.75 Å². The zero-order valence-corrected chi connectivity index (χ0v) is 13.3. The second kappa shape index (κ2) is 8.00. The molecule has 0 radical (unpaired) electrons. The number of alkyl halides is 1. The van der Waals surface area contributed by atoms with Crippen LogP contribution in [0, 0.1) is 0 Å². The number of thiazole rings is 1. The lowest BCUT2D eigenvalue weighted by Crippen LogP contribution is -2.15. The molecule has 0 bridgehead atoms. The van der Waals surface area contributed by atoms with Crippen molar-refractivity contribution < 1.29 is 9.53 Å². The number of ether oxygens (including phenoxy) is 1. The first kappa shape index (κ1) is 15.8. The van der Waals surface area contributed by atoms with E-state index in [0.29, 0.717) is 17.6 Å². The van der Waals surface area contributed by atoms with Gasteiger partial charge in [-0.25, -0.2) is 4.98 Å². The van der Waals surface area contributed by atoms with Gasteiger partial charge in [-0.2, -0.15) is 0 Å². The number of hydrogen-bond donors (Lipinski definition) is 1. The quantitative estimate of drug-likeness (QED) is 0.787. The Bertz CT molecular complexity index is 584. The van der Waals surface area contributed by atoms with E-state index in [1.54, 1.807) is 0 Å². The van der Waals surface area contributed by atoms with Crippen molar-refractivity contribution in [3.05, 3.63) is 40.9 Å². The lowest BCUT2D eigenvalue weighted by atomic mass is 10.2. The van der Waals surface area contributed by atoms with Crippen molar-refractivity contribution in [3.8, 4) is 5.75 Å². The van der Waals surface area contributed by atoms with Gasteiger partial charge in [-0.05, 0) is 24.1 Å². The van der Waals surface area contributed by atoms with Crippen LogP contribution in [0.1, 0.15) is 24.6 Å². The zero-order valence-electron chi connectivity index (χ0n) is 11.8. The summed E-state index contributed by atoms with van der Waals surface area (Å²) in [6.07, 6.45) is 1.28. The van der Waals surface area contributed by atoms with Gasteiger partial charge in [0.25, 0.3) is 0 Å². The number of carbonyl (C=O) groups is 1. The van der Waals surface area contributed by atoms with Crippen LogP contribution >= 0.6 is 22.9 Å². The minimum Gasteiger partial charge on any atom is -0.493 e. The van der Waals surface area contributed by atoms with Crippen molar-refractivity contribution in [1.29, 1.82) is 0 Å². The predicted molar refractivity (Wildman–Crippen MR) is 86.2 cm³/mol. The summed E-state index contributed by atoms with van der Waals surface area (Å²) in [6, 6.07) is 7.89. The summed E-state index contributed by atoms with van der Waals surface area (Å²) in [6.45, 7) is 2.44. The first-order valence-electron chi connectivity index (χ1n) is 6.73. The molecule has 0 aliphatic carbocycles. The first-order chi connectivity index (χ1) is 10.2. The Morgan fingerprint density at radius 2 is 2.14 bits per heavy atom. The predicted octanol–water partition coefficient (Wildman–Crippen LogP) is 3.85. The van der Waals surface area contributed by atoms with E-state index in [1.165, 1.54) is 16.9 Å². The monoisotopic (exact) mass is 324 g/mol. The molecule has 1 amide bonds. The number of aromatic nitrogens is 1. The van der Waals surface area contributed by atoms with Crippen LogP contribution in [0.4, 0.5) is 5.13 Å². The molecule has 2 rings (SSSR count). The molecule has 0 spiro atoms. The Hall–Kier alpha value is -1.59. The summed E-state index contributed by atoms with van der Waals surface area (Å²) in [7, 11) is 0. The average molecular weight is 325 g/mol. The molecule has 1 N–H and O–H groups in total. The van der Waals surface area contributed by atoms with Gasteiger partial charge in [0, 0.05) is 5.38 Å². The van der Waals surface area contributed by atoms with E-state index in [2.05, 4.69) is 17.2 Å². The lowest BCUT2D eigenvalue weighted by molar-refractivity contribution is -0.116. The maximum Gasteiger partial charge on any atom is 0.229 e. The second-order valence-electron chi connectivity index (χ2n) is 4.42. The average Bonchev–Trinajstić information content (AvgIpc) is 2.95. The highest BCUT2D eigenvalue weighted by Gasteiger charge is 2.06. The molecule has 2 aromatic rings. The Morgan fingerprint density at radius 1 is 1.38 bits per heavy atom. The van der Waals surface area contributed by atoms with Crippen LogP contribution in [0.3, 0.4) is 0 Å². The van der Waals surface area contributed by atoms with Gasteiger partial charge >= 0.3 is 0 Å². The highest BCUT2D eigenvalue weighted by Crippen LogP contribution is 2.17. The van der Waals surface area contributed by atoms with Gasteiger partial charge in [0.05, 0.1) is 24.6 Å². The van der Waals surface area contributed by atoms with Crippen molar-refractivity contribution in [2.45, 2.75) is 25.6 Å². The Labute approximate surface area is 133 Å². The molecule has 0 fully saturated rings. The second-order valence-corrected chi connectivity index (χ2v) is 5.55. The number of aryl methyl sites for hydroxylation is 1. The molecule has 0 aliphatic heterocycles. The van der Waals surface area contributed by atoms with Crippen molar-refractivity contribution in [1.82, 2.24) is 4.98 Å². The van der Waals surface area contributed by atoms with Crippen LogP contribution in [-0.4, -0.2) is 17.5 Å². The lowest BCUT2D eigenvalue weighted by Gasteiger charge is -2.06. The smallest absolute Gasteiger partial charge is 0.229 e. The third kappa shape index (κ3) is 5.02. The van der Waals surface area contributed by atoms with Crippen molar-refractivity contribution >= 4 is 34.0 Å². The molecule has 0 saturated carbocycles. The van der Waals surface area contributed by atoms with Gasteiger partial charge in [-0.3, -0.25) is 4.79 Å². The maximum absolute atomic E-state index is 11.7. The number of rotatable bonds is 7. The van der Waals surface area contributed by atoms with E-state index < -0.39 is 0 Å². The molecular weight excluding hydrogens is 308 g/mol. The van der Waals surface area contributed by atoms with Gasteiger partial charge in [0.2, 0.25) is 5.91 Å². The van der Waals surface area contributed by atoms with Gasteiger partial charge in [-0.15, -0.1) is 22.9 Å². The maximum atomic E-state index is 11.7. The number of carbonyl (C=O) groups excluding carboxylic acids is 1. The topological polar surface area (TPSA) is 51.2 Å². The largest absolute Gasteiger partial charge is 0.493 e. The Kier molecular flexibility index (Phi) is 6.02. The molecule has 0 atom stereocenters. The SMILES string of the molecule is CCc1ccc(OCCC(=O)Nc2nc(CCl)cs2)cc1. The van der Waals surface area contributed by atoms with E-state index in [-0.39, 0.29) is 12.3 Å². The summed E-state index contributed by atoms with van der Waals surface area (Å²) in [4.78, 5) is 15.9. The van der Waals surface area contributed by atoms with E-state index in [9.17, 15) is 4.79 Å². The van der Waals surface area contributed by atoms with Gasteiger partial charge < -0.3 is 10.1 Å². The standard InChI is InChI=1S/C15H17ClN2O2S/c1-2-11-3-5-13(6-4-11)20-8-7-14(19)18-15-17-12(9-16)10-21-15/h3-6,10H,2,7-9H2,1H3,(H,17,18,19). The third-order valence-electron chi connectivity index (χ3n) is 2.86. The molecule has 4 nitrogen and oxygen atoms in total. The van der Waals surface area contributed by atoms with E-state index in [0.717, 1.165) is 17.9 Å². The molecular formula is C15H17ClN2O2S. The van der Waals surface area contributed by atoms with E-state index in [4.69, 9.17) is 16.3 Å². The number of amides is 1. The minimum atomic E-state index is -0.115. The van der Waals surface area contributed by atoms with E-state index >= 15 is 0 Å². The number of hydrogen-bond acceptors (Lipinski definition) is 4. The molecule has 1 heterocycles. The molecule has 1 aromatic carbocycles. The van der Waals surface area contributed by atoms with Crippen LogP contribution in [0.5, 0.6) is 5.75 Å². The highest BCUT2D eigenvalue weighted by atomic mass is 35.5. The van der Waals surface area contributed by atoms with Crippen LogP contribution < -0.4 is 10.1 Å². The molecule has 6 heteroatoms. The van der Waals surface area contributed by atoms with Crippen LogP contribution in [0.25, 0.3) is 0 Å². The molecule has 0 aliphatic rings. The zero-order chi connectivity index (χ0) is 15.1. The van der Waals surface area contributed by atoms with E-state index in [1.807, 2.05) is 29.6 Å².